The van der Waals surface area contributed by atoms with Gasteiger partial charge in [-0.2, -0.15) is 0 Å². The lowest BCUT2D eigenvalue weighted by Crippen LogP contribution is -2.09. The van der Waals surface area contributed by atoms with Gasteiger partial charge in [0.05, 0.1) is 0 Å². The van der Waals surface area contributed by atoms with E-state index in [-0.39, 0.29) is 0 Å². The second-order valence-corrected chi connectivity index (χ2v) is 14.8. The fourth-order valence-electron chi connectivity index (χ4n) is 8.45. The Bertz CT molecular complexity index is 3120. The maximum absolute atomic E-state index is 6.88. The Morgan fingerprint density at radius 2 is 0.948 bits per heavy atom. The second kappa shape index (κ2) is 14.1. The molecular formula is C55H37NO2. The van der Waals surface area contributed by atoms with Crippen LogP contribution in [-0.2, 0) is 0 Å². The third-order valence-electron chi connectivity index (χ3n) is 11.3. The lowest BCUT2D eigenvalue weighted by atomic mass is 9.95. The minimum absolute atomic E-state index is 0.852. The van der Waals surface area contributed by atoms with Gasteiger partial charge in [-0.3, -0.25) is 0 Å². The van der Waals surface area contributed by atoms with E-state index in [2.05, 4.69) is 205 Å². The molecule has 0 N–H and O–H groups in total. The molecule has 58 heavy (non-hydrogen) atoms. The van der Waals surface area contributed by atoms with Crippen LogP contribution < -0.4 is 4.90 Å². The number of nitrogens with zero attached hydrogens (tertiary/aromatic N) is 1. The molecule has 1 aliphatic carbocycles. The highest BCUT2D eigenvalue weighted by Gasteiger charge is 2.22. The predicted molar refractivity (Wildman–Crippen MR) is 243 cm³/mol. The molecule has 0 fully saturated rings. The molecule has 0 saturated carbocycles. The van der Waals surface area contributed by atoms with Crippen LogP contribution in [0.2, 0.25) is 0 Å². The smallest absolute Gasteiger partial charge is 0.144 e. The Balaban J connectivity index is 0.988. The van der Waals surface area contributed by atoms with E-state index in [0.717, 1.165) is 89.6 Å². The van der Waals surface area contributed by atoms with Crippen LogP contribution in [0.1, 0.15) is 12.0 Å². The summed E-state index contributed by atoms with van der Waals surface area (Å²) in [4.78, 5) is 2.32. The van der Waals surface area contributed by atoms with Crippen molar-refractivity contribution in [3.8, 4) is 33.4 Å². The van der Waals surface area contributed by atoms with E-state index < -0.39 is 0 Å². The van der Waals surface area contributed by atoms with Gasteiger partial charge >= 0.3 is 0 Å². The molecule has 274 valence electrons. The first kappa shape index (κ1) is 33.7. The van der Waals surface area contributed by atoms with Gasteiger partial charge in [-0.05, 0) is 106 Å². The van der Waals surface area contributed by atoms with Crippen LogP contribution in [0.3, 0.4) is 0 Å². The minimum Gasteiger partial charge on any atom is -0.456 e. The number of anilines is 3. The molecule has 3 nitrogen and oxygen atoms in total. The zero-order chi connectivity index (χ0) is 38.4. The van der Waals surface area contributed by atoms with E-state index in [4.69, 9.17) is 8.83 Å². The average molecular weight is 744 g/mol. The first-order valence-electron chi connectivity index (χ1n) is 19.8. The summed E-state index contributed by atoms with van der Waals surface area (Å²) in [5, 5.41) is 4.30. The molecule has 2 aromatic heterocycles. The van der Waals surface area contributed by atoms with Gasteiger partial charge in [0, 0.05) is 44.2 Å². The fraction of sp³-hybridized carbons (Fsp3) is 0.0182. The van der Waals surface area contributed by atoms with Crippen LogP contribution in [0.15, 0.2) is 221 Å². The van der Waals surface area contributed by atoms with Crippen LogP contribution in [0.5, 0.6) is 0 Å². The van der Waals surface area contributed by atoms with E-state index >= 15 is 0 Å². The molecule has 1 aliphatic rings. The van der Waals surface area contributed by atoms with Crippen molar-refractivity contribution in [3.63, 3.8) is 0 Å². The summed E-state index contributed by atoms with van der Waals surface area (Å²) in [6.07, 6.45) is 11.7. The SMILES string of the molecule is C1=CCC=C(c2c3oc4cc(-c5ccc(N(c6ccc(-c7ccccc7)cc6)c6ccc(-c7ccccc7)cc6)cc5)ccc4c3cc3oc4ccccc4c23)C=C1. The number of hydrogen-bond acceptors (Lipinski definition) is 3. The number of allylic oxidation sites excluding steroid dienone is 6. The first-order valence-corrected chi connectivity index (χ1v) is 19.8. The maximum Gasteiger partial charge on any atom is 0.144 e. The van der Waals surface area contributed by atoms with E-state index in [0.29, 0.717) is 0 Å². The quantitative estimate of drug-likeness (QED) is 0.163. The van der Waals surface area contributed by atoms with E-state index in [1.54, 1.807) is 0 Å². The number of rotatable bonds is 7. The minimum atomic E-state index is 0.852. The molecule has 10 aromatic rings. The molecule has 0 aliphatic heterocycles. The Labute approximate surface area is 336 Å². The van der Waals surface area contributed by atoms with Crippen LogP contribution in [0.25, 0.3) is 82.8 Å². The summed E-state index contributed by atoms with van der Waals surface area (Å²) in [7, 11) is 0. The van der Waals surface area contributed by atoms with Crippen molar-refractivity contribution in [3.05, 3.63) is 218 Å². The Morgan fingerprint density at radius 1 is 0.397 bits per heavy atom. The summed E-state index contributed by atoms with van der Waals surface area (Å²) in [6.45, 7) is 0. The van der Waals surface area contributed by atoms with Crippen molar-refractivity contribution in [2.45, 2.75) is 6.42 Å². The largest absolute Gasteiger partial charge is 0.456 e. The lowest BCUT2D eigenvalue weighted by Gasteiger charge is -2.26. The highest BCUT2D eigenvalue weighted by atomic mass is 16.3. The number of benzene rings is 8. The topological polar surface area (TPSA) is 29.5 Å². The normalized spacial score (nSPS) is 12.7. The van der Waals surface area contributed by atoms with Crippen molar-refractivity contribution in [1.29, 1.82) is 0 Å². The highest BCUT2D eigenvalue weighted by molar-refractivity contribution is 6.21. The summed E-state index contributed by atoms with van der Waals surface area (Å²) in [6, 6.07) is 64.6. The van der Waals surface area contributed by atoms with Gasteiger partial charge in [0.15, 0.2) is 0 Å². The van der Waals surface area contributed by atoms with Gasteiger partial charge in [-0.15, -0.1) is 0 Å². The van der Waals surface area contributed by atoms with E-state index in [1.807, 2.05) is 12.1 Å². The van der Waals surface area contributed by atoms with Gasteiger partial charge in [-0.25, -0.2) is 0 Å². The van der Waals surface area contributed by atoms with E-state index in [9.17, 15) is 0 Å². The number of fused-ring (bicyclic) bond motifs is 6. The third-order valence-corrected chi connectivity index (χ3v) is 11.3. The van der Waals surface area contributed by atoms with Crippen molar-refractivity contribution in [2.75, 3.05) is 4.90 Å². The Hall–Kier alpha value is -7.62. The third kappa shape index (κ3) is 5.93. The molecule has 11 rings (SSSR count). The molecule has 0 spiro atoms. The Kier molecular flexibility index (Phi) is 8.22. The second-order valence-electron chi connectivity index (χ2n) is 14.8. The summed E-state index contributed by atoms with van der Waals surface area (Å²) in [5.41, 5.74) is 15.9. The summed E-state index contributed by atoms with van der Waals surface area (Å²) < 4.78 is 13.4. The van der Waals surface area contributed by atoms with Crippen LogP contribution in [-0.4, -0.2) is 0 Å². The molecular weight excluding hydrogens is 707 g/mol. The maximum atomic E-state index is 6.88. The summed E-state index contributed by atoms with van der Waals surface area (Å²) in [5.74, 6) is 0. The molecule has 2 heterocycles. The molecule has 0 amide bonds. The molecule has 0 saturated heterocycles. The lowest BCUT2D eigenvalue weighted by molar-refractivity contribution is 0.663. The fourth-order valence-corrected chi connectivity index (χ4v) is 8.45. The van der Waals surface area contributed by atoms with Gasteiger partial charge in [0.25, 0.3) is 0 Å². The monoisotopic (exact) mass is 743 g/mol. The van der Waals surface area contributed by atoms with Crippen molar-refractivity contribution >= 4 is 66.5 Å². The van der Waals surface area contributed by atoms with Gasteiger partial charge in [0.1, 0.15) is 22.3 Å². The zero-order valence-electron chi connectivity index (χ0n) is 31.7. The highest BCUT2D eigenvalue weighted by Crippen LogP contribution is 2.45. The van der Waals surface area contributed by atoms with Crippen LogP contribution in [0.4, 0.5) is 17.1 Å². The van der Waals surface area contributed by atoms with Crippen molar-refractivity contribution < 1.29 is 8.83 Å². The summed E-state index contributed by atoms with van der Waals surface area (Å²) >= 11 is 0. The first-order chi connectivity index (χ1) is 28.7. The van der Waals surface area contributed by atoms with Gasteiger partial charge < -0.3 is 13.7 Å². The molecule has 0 unspecified atom stereocenters. The van der Waals surface area contributed by atoms with E-state index in [1.165, 1.54) is 22.3 Å². The van der Waals surface area contributed by atoms with Crippen molar-refractivity contribution in [2.24, 2.45) is 0 Å². The molecule has 0 bridgehead atoms. The van der Waals surface area contributed by atoms with Crippen molar-refractivity contribution in [1.82, 2.24) is 0 Å². The van der Waals surface area contributed by atoms with Gasteiger partial charge in [-0.1, -0.05) is 152 Å². The number of para-hydroxylation sites is 1. The van der Waals surface area contributed by atoms with Crippen LogP contribution >= 0.6 is 0 Å². The number of furan rings is 2. The molecule has 3 heteroatoms. The average Bonchev–Trinajstić information content (AvgIpc) is 3.72. The zero-order valence-corrected chi connectivity index (χ0v) is 31.7. The van der Waals surface area contributed by atoms with Gasteiger partial charge in [0.2, 0.25) is 0 Å². The Morgan fingerprint density at radius 3 is 1.59 bits per heavy atom. The molecule has 8 aromatic carbocycles. The number of hydrogen-bond donors (Lipinski definition) is 0. The molecule has 0 atom stereocenters. The van der Waals surface area contributed by atoms with Crippen LogP contribution in [0, 0.1) is 0 Å². The predicted octanol–water partition coefficient (Wildman–Crippen LogP) is 15.9. The molecule has 0 radical (unpaired) electrons. The standard InChI is InChI=1S/C55H37NO2/c1-2-6-18-42(17-5-1)53-54-48-19-11-12-20-50(48)57-52(54)36-49-47-34-27-43(35-51(47)58-55(49)53)41-25-32-46(33-26-41)56(44-28-21-39(22-29-44)37-13-7-3-8-14-37)45-30-23-40(24-31-45)38-15-9-4-10-16-38/h1-5,7-36H,6H2.